The van der Waals surface area contributed by atoms with Gasteiger partial charge in [-0.2, -0.15) is 13.8 Å². The van der Waals surface area contributed by atoms with E-state index in [-0.39, 0.29) is 17.0 Å². The molecule has 6 heteroatoms. The Bertz CT molecular complexity index is 645. The number of nitrogens with one attached hydrogen (secondary N) is 1. The predicted octanol–water partition coefficient (Wildman–Crippen LogP) is 2.63. The molecule has 1 aromatic carbocycles. The van der Waals surface area contributed by atoms with E-state index in [0.29, 0.717) is 5.56 Å². The van der Waals surface area contributed by atoms with Gasteiger partial charge in [0, 0.05) is 5.56 Å². The Morgan fingerprint density at radius 1 is 1.26 bits per heavy atom. The lowest BCUT2D eigenvalue weighted by molar-refractivity contribution is 0.102. The fourth-order valence-electron chi connectivity index (χ4n) is 1.60. The zero-order valence-corrected chi connectivity index (χ0v) is 9.95. The number of anilines is 1. The van der Waals surface area contributed by atoms with Gasteiger partial charge in [0.25, 0.3) is 5.91 Å². The Morgan fingerprint density at radius 2 is 2.00 bits per heavy atom. The number of aromatic hydroxyl groups is 1. The van der Waals surface area contributed by atoms with E-state index in [2.05, 4.69) is 10.3 Å². The van der Waals surface area contributed by atoms with Gasteiger partial charge in [-0.15, -0.1) is 0 Å². The van der Waals surface area contributed by atoms with Crippen LogP contribution in [-0.4, -0.2) is 16.0 Å². The first-order chi connectivity index (χ1) is 8.97. The SMILES string of the molecule is Cc1cc(O)ccc1C(=O)Nc1ccc(F)nc1F. The lowest BCUT2D eigenvalue weighted by atomic mass is 10.1. The number of benzene rings is 1. The fourth-order valence-corrected chi connectivity index (χ4v) is 1.60. The number of hydrogen-bond acceptors (Lipinski definition) is 3. The number of phenols is 1. The molecule has 1 amide bonds. The average Bonchev–Trinajstić information content (AvgIpc) is 2.32. The van der Waals surface area contributed by atoms with E-state index in [1.807, 2.05) is 0 Å². The zero-order chi connectivity index (χ0) is 14.0. The van der Waals surface area contributed by atoms with Gasteiger partial charge in [0.2, 0.25) is 11.9 Å². The van der Waals surface area contributed by atoms with E-state index in [4.69, 9.17) is 0 Å². The molecule has 2 N–H and O–H groups in total. The van der Waals surface area contributed by atoms with Crippen molar-refractivity contribution in [3.8, 4) is 5.75 Å². The highest BCUT2D eigenvalue weighted by atomic mass is 19.1. The number of hydrogen-bond donors (Lipinski definition) is 2. The molecule has 0 aliphatic heterocycles. The molecular formula is C13H10F2N2O2. The minimum atomic E-state index is -1.09. The zero-order valence-electron chi connectivity index (χ0n) is 9.95. The number of pyridine rings is 1. The maximum absolute atomic E-state index is 13.3. The van der Waals surface area contributed by atoms with Gasteiger partial charge in [-0.25, -0.2) is 0 Å². The topological polar surface area (TPSA) is 62.2 Å². The molecule has 0 aliphatic rings. The molecule has 0 unspecified atom stereocenters. The maximum Gasteiger partial charge on any atom is 0.256 e. The summed E-state index contributed by atoms with van der Waals surface area (Å²) in [5, 5.41) is 11.5. The molecule has 98 valence electrons. The molecule has 0 saturated heterocycles. The van der Waals surface area contributed by atoms with Crippen molar-refractivity contribution in [3.63, 3.8) is 0 Å². The van der Waals surface area contributed by atoms with E-state index >= 15 is 0 Å². The number of amides is 1. The standard InChI is InChI=1S/C13H10F2N2O2/c1-7-6-8(18)2-3-9(7)13(19)16-10-4-5-11(14)17-12(10)15/h2-6,18H,1H3,(H,16,19). The summed E-state index contributed by atoms with van der Waals surface area (Å²) in [4.78, 5) is 14.9. The first kappa shape index (κ1) is 12.9. The fraction of sp³-hybridized carbons (Fsp3) is 0.0769. The number of rotatable bonds is 2. The van der Waals surface area contributed by atoms with Crippen LogP contribution in [0, 0.1) is 18.8 Å². The molecule has 4 nitrogen and oxygen atoms in total. The molecule has 0 fully saturated rings. The third-order valence-electron chi connectivity index (χ3n) is 2.52. The second-order valence-electron chi connectivity index (χ2n) is 3.93. The normalized spacial score (nSPS) is 10.3. The lowest BCUT2D eigenvalue weighted by Crippen LogP contribution is -2.15. The predicted molar refractivity (Wildman–Crippen MR) is 65.0 cm³/mol. The second-order valence-corrected chi connectivity index (χ2v) is 3.93. The first-order valence-corrected chi connectivity index (χ1v) is 5.40. The highest BCUT2D eigenvalue weighted by molar-refractivity contribution is 6.05. The van der Waals surface area contributed by atoms with Crippen molar-refractivity contribution in [3.05, 3.63) is 53.4 Å². The van der Waals surface area contributed by atoms with Crippen molar-refractivity contribution in [1.29, 1.82) is 0 Å². The van der Waals surface area contributed by atoms with E-state index < -0.39 is 17.8 Å². The van der Waals surface area contributed by atoms with Crippen LogP contribution in [0.5, 0.6) is 5.75 Å². The Balaban J connectivity index is 2.25. The molecule has 0 radical (unpaired) electrons. The summed E-state index contributed by atoms with van der Waals surface area (Å²) in [6.45, 7) is 1.63. The number of phenolic OH excluding ortho intramolecular Hbond substituents is 1. The third-order valence-corrected chi connectivity index (χ3v) is 2.52. The van der Waals surface area contributed by atoms with Crippen molar-refractivity contribution in [2.45, 2.75) is 6.92 Å². The van der Waals surface area contributed by atoms with Crippen molar-refractivity contribution >= 4 is 11.6 Å². The first-order valence-electron chi connectivity index (χ1n) is 5.40. The molecule has 19 heavy (non-hydrogen) atoms. The van der Waals surface area contributed by atoms with E-state index in [9.17, 15) is 18.7 Å². The number of carbonyl (C=O) groups is 1. The van der Waals surface area contributed by atoms with Crippen LogP contribution in [0.1, 0.15) is 15.9 Å². The van der Waals surface area contributed by atoms with E-state index in [0.717, 1.165) is 12.1 Å². The van der Waals surface area contributed by atoms with Gasteiger partial charge >= 0.3 is 0 Å². The Labute approximate surface area is 107 Å². The quantitative estimate of drug-likeness (QED) is 0.819. The summed E-state index contributed by atoms with van der Waals surface area (Å²) >= 11 is 0. The van der Waals surface area contributed by atoms with Gasteiger partial charge in [-0.05, 0) is 42.8 Å². The van der Waals surface area contributed by atoms with E-state index in [1.165, 1.54) is 18.2 Å². The highest BCUT2D eigenvalue weighted by Crippen LogP contribution is 2.18. The number of aryl methyl sites for hydroxylation is 1. The maximum atomic E-state index is 13.3. The van der Waals surface area contributed by atoms with Gasteiger partial charge < -0.3 is 10.4 Å². The van der Waals surface area contributed by atoms with Crippen LogP contribution in [0.15, 0.2) is 30.3 Å². The lowest BCUT2D eigenvalue weighted by Gasteiger charge is -2.08. The molecule has 2 rings (SSSR count). The van der Waals surface area contributed by atoms with Crippen molar-refractivity contribution in [2.75, 3.05) is 5.32 Å². The minimum absolute atomic E-state index is 0.0312. The van der Waals surface area contributed by atoms with Crippen LogP contribution < -0.4 is 5.32 Å². The summed E-state index contributed by atoms with van der Waals surface area (Å²) in [7, 11) is 0. The minimum Gasteiger partial charge on any atom is -0.508 e. The van der Waals surface area contributed by atoms with Crippen molar-refractivity contribution in [2.24, 2.45) is 0 Å². The van der Waals surface area contributed by atoms with Crippen LogP contribution in [0.2, 0.25) is 0 Å². The summed E-state index contributed by atoms with van der Waals surface area (Å²) in [6, 6.07) is 6.21. The Morgan fingerprint density at radius 3 is 2.63 bits per heavy atom. The van der Waals surface area contributed by atoms with Gasteiger partial charge in [0.05, 0.1) is 5.69 Å². The largest absolute Gasteiger partial charge is 0.508 e. The number of aromatic nitrogens is 1. The summed E-state index contributed by atoms with van der Waals surface area (Å²) in [6.07, 6.45) is 0. The average molecular weight is 264 g/mol. The molecule has 1 heterocycles. The third kappa shape index (κ3) is 2.85. The number of nitrogens with zero attached hydrogens (tertiary/aromatic N) is 1. The molecule has 0 spiro atoms. The molecule has 2 aromatic rings. The van der Waals surface area contributed by atoms with Crippen LogP contribution in [0.25, 0.3) is 0 Å². The second kappa shape index (κ2) is 5.01. The van der Waals surface area contributed by atoms with Crippen molar-refractivity contribution < 1.29 is 18.7 Å². The van der Waals surface area contributed by atoms with Crippen molar-refractivity contribution in [1.82, 2.24) is 4.98 Å². The monoisotopic (exact) mass is 264 g/mol. The molecule has 0 atom stereocenters. The van der Waals surface area contributed by atoms with Crippen LogP contribution in [0.4, 0.5) is 14.5 Å². The van der Waals surface area contributed by atoms with E-state index in [1.54, 1.807) is 6.92 Å². The number of halogens is 2. The van der Waals surface area contributed by atoms with Crippen LogP contribution in [0.3, 0.4) is 0 Å². The smallest absolute Gasteiger partial charge is 0.256 e. The summed E-state index contributed by atoms with van der Waals surface area (Å²) < 4.78 is 25.9. The summed E-state index contributed by atoms with van der Waals surface area (Å²) in [5.41, 5.74) is 0.605. The van der Waals surface area contributed by atoms with Crippen LogP contribution in [-0.2, 0) is 0 Å². The summed E-state index contributed by atoms with van der Waals surface area (Å²) in [5.74, 6) is -2.59. The van der Waals surface area contributed by atoms with Gasteiger partial charge in [0.15, 0.2) is 0 Å². The molecule has 0 aliphatic carbocycles. The number of carbonyl (C=O) groups excluding carboxylic acids is 1. The van der Waals surface area contributed by atoms with Crippen LogP contribution >= 0.6 is 0 Å². The van der Waals surface area contributed by atoms with Gasteiger partial charge in [-0.3, -0.25) is 4.79 Å². The highest BCUT2D eigenvalue weighted by Gasteiger charge is 2.13. The Hall–Kier alpha value is -2.50. The molecular weight excluding hydrogens is 254 g/mol. The van der Waals surface area contributed by atoms with Gasteiger partial charge in [0.1, 0.15) is 5.75 Å². The molecule has 1 aromatic heterocycles. The van der Waals surface area contributed by atoms with Gasteiger partial charge in [-0.1, -0.05) is 0 Å². The molecule has 0 saturated carbocycles. The Kier molecular flexibility index (Phi) is 3.41. The molecule has 0 bridgehead atoms.